The van der Waals surface area contributed by atoms with E-state index in [2.05, 4.69) is 10.6 Å². The number of anilines is 1. The molecule has 1 fully saturated rings. The van der Waals surface area contributed by atoms with E-state index in [1.165, 1.54) is 12.8 Å². The number of methoxy groups -OCH3 is 2. The Morgan fingerprint density at radius 2 is 2.05 bits per heavy atom. The van der Waals surface area contributed by atoms with E-state index in [0.29, 0.717) is 15.9 Å². The maximum atomic E-state index is 6.13. The molecule has 0 radical (unpaired) electrons. The Labute approximate surface area is 142 Å². The smallest absolute Gasteiger partial charge is 0.171 e. The van der Waals surface area contributed by atoms with E-state index in [0.717, 1.165) is 31.6 Å². The molecule has 1 aliphatic carbocycles. The van der Waals surface area contributed by atoms with Crippen molar-refractivity contribution in [3.63, 3.8) is 0 Å². The minimum Gasteiger partial charge on any atom is -0.495 e. The Kier molecular flexibility index (Phi) is 6.29. The topological polar surface area (TPSA) is 42.5 Å². The minimum absolute atomic E-state index is 0.0519. The Morgan fingerprint density at radius 3 is 2.64 bits per heavy atom. The lowest BCUT2D eigenvalue weighted by atomic mass is 9.94. The summed E-state index contributed by atoms with van der Waals surface area (Å²) in [5.41, 5.74) is 0.902. The molecule has 1 aliphatic rings. The van der Waals surface area contributed by atoms with Gasteiger partial charge in [0.15, 0.2) is 5.11 Å². The van der Waals surface area contributed by atoms with Crippen molar-refractivity contribution in [3.05, 3.63) is 23.2 Å². The summed E-state index contributed by atoms with van der Waals surface area (Å²) >= 11 is 11.6. The molecule has 0 heterocycles. The zero-order valence-corrected chi connectivity index (χ0v) is 14.6. The highest BCUT2D eigenvalue weighted by Crippen LogP contribution is 2.33. The standard InChI is InChI=1S/C16H23ClN2O2S/c1-20-10-9-16(7-3-4-8-16)19-15(22)18-12-5-6-14(21-2)13(17)11-12/h5-6,11H,3-4,7-10H2,1-2H3,(H2,18,19,22). The molecule has 0 aromatic heterocycles. The third-order valence-electron chi connectivity index (χ3n) is 4.13. The monoisotopic (exact) mass is 342 g/mol. The van der Waals surface area contributed by atoms with Gasteiger partial charge in [-0.2, -0.15) is 0 Å². The van der Waals surface area contributed by atoms with Crippen LogP contribution in [0.5, 0.6) is 5.75 Å². The van der Waals surface area contributed by atoms with Gasteiger partial charge < -0.3 is 20.1 Å². The van der Waals surface area contributed by atoms with Crippen molar-refractivity contribution in [1.82, 2.24) is 5.32 Å². The Morgan fingerprint density at radius 1 is 1.32 bits per heavy atom. The Bertz CT molecular complexity index is 519. The van der Waals surface area contributed by atoms with Crippen molar-refractivity contribution in [1.29, 1.82) is 0 Å². The quantitative estimate of drug-likeness (QED) is 0.765. The maximum absolute atomic E-state index is 6.13. The van der Waals surface area contributed by atoms with Gasteiger partial charge in [-0.3, -0.25) is 0 Å². The van der Waals surface area contributed by atoms with Crippen LogP contribution in [0.1, 0.15) is 32.1 Å². The number of rotatable bonds is 6. The second-order valence-corrected chi connectivity index (χ2v) is 6.47. The number of halogens is 1. The number of nitrogens with one attached hydrogen (secondary N) is 2. The van der Waals surface area contributed by atoms with E-state index in [1.807, 2.05) is 18.2 Å². The first-order chi connectivity index (χ1) is 10.6. The lowest BCUT2D eigenvalue weighted by molar-refractivity contribution is 0.163. The van der Waals surface area contributed by atoms with Crippen LogP contribution in [0.3, 0.4) is 0 Å². The summed E-state index contributed by atoms with van der Waals surface area (Å²) in [4.78, 5) is 0. The summed E-state index contributed by atoms with van der Waals surface area (Å²) in [6, 6.07) is 5.53. The largest absolute Gasteiger partial charge is 0.495 e. The van der Waals surface area contributed by atoms with E-state index in [1.54, 1.807) is 14.2 Å². The van der Waals surface area contributed by atoms with Crippen LogP contribution in [-0.2, 0) is 4.74 Å². The second kappa shape index (κ2) is 7.99. The molecule has 1 aromatic carbocycles. The van der Waals surface area contributed by atoms with Gasteiger partial charge in [0, 0.05) is 24.9 Å². The molecule has 0 aliphatic heterocycles. The zero-order valence-electron chi connectivity index (χ0n) is 13.1. The summed E-state index contributed by atoms with van der Waals surface area (Å²) in [6.45, 7) is 0.740. The summed E-state index contributed by atoms with van der Waals surface area (Å²) in [6.07, 6.45) is 5.68. The number of hydrogen-bond acceptors (Lipinski definition) is 3. The fraction of sp³-hybridized carbons (Fsp3) is 0.562. The van der Waals surface area contributed by atoms with Crippen LogP contribution in [0, 0.1) is 0 Å². The van der Waals surface area contributed by atoms with Crippen LogP contribution in [0.25, 0.3) is 0 Å². The molecule has 4 nitrogen and oxygen atoms in total. The average Bonchev–Trinajstić information content (AvgIpc) is 2.94. The van der Waals surface area contributed by atoms with Gasteiger partial charge in [0.25, 0.3) is 0 Å². The maximum Gasteiger partial charge on any atom is 0.171 e. The van der Waals surface area contributed by atoms with Gasteiger partial charge in [0.05, 0.1) is 12.1 Å². The fourth-order valence-corrected chi connectivity index (χ4v) is 3.53. The third-order valence-corrected chi connectivity index (χ3v) is 4.63. The minimum atomic E-state index is 0.0519. The number of benzene rings is 1. The van der Waals surface area contributed by atoms with Crippen LogP contribution in [-0.4, -0.2) is 31.5 Å². The van der Waals surface area contributed by atoms with Crippen molar-refractivity contribution in [3.8, 4) is 5.75 Å². The lowest BCUT2D eigenvalue weighted by Crippen LogP contribution is -2.48. The molecule has 0 bridgehead atoms. The van der Waals surface area contributed by atoms with E-state index in [-0.39, 0.29) is 5.54 Å². The number of hydrogen-bond donors (Lipinski definition) is 2. The zero-order chi connectivity index (χ0) is 16.0. The summed E-state index contributed by atoms with van der Waals surface area (Å²) < 4.78 is 10.4. The van der Waals surface area contributed by atoms with E-state index < -0.39 is 0 Å². The molecule has 0 amide bonds. The van der Waals surface area contributed by atoms with Crippen LogP contribution in [0.4, 0.5) is 5.69 Å². The molecule has 0 atom stereocenters. The summed E-state index contributed by atoms with van der Waals surface area (Å²) in [5.74, 6) is 0.651. The molecule has 0 saturated heterocycles. The molecule has 1 saturated carbocycles. The van der Waals surface area contributed by atoms with Crippen molar-refractivity contribution in [2.24, 2.45) is 0 Å². The van der Waals surface area contributed by atoms with E-state index in [9.17, 15) is 0 Å². The molecule has 0 unspecified atom stereocenters. The van der Waals surface area contributed by atoms with Gasteiger partial charge >= 0.3 is 0 Å². The molecular weight excluding hydrogens is 320 g/mol. The van der Waals surface area contributed by atoms with Crippen molar-refractivity contribution in [2.45, 2.75) is 37.6 Å². The van der Waals surface area contributed by atoms with Gasteiger partial charge in [0.2, 0.25) is 0 Å². The fourth-order valence-electron chi connectivity index (χ4n) is 2.93. The highest BCUT2D eigenvalue weighted by atomic mass is 35.5. The van der Waals surface area contributed by atoms with Crippen LogP contribution < -0.4 is 15.4 Å². The predicted octanol–water partition coefficient (Wildman–Crippen LogP) is 3.98. The molecule has 1 aromatic rings. The third kappa shape index (κ3) is 4.48. The van der Waals surface area contributed by atoms with Gasteiger partial charge in [0.1, 0.15) is 5.75 Å². The van der Waals surface area contributed by atoms with E-state index >= 15 is 0 Å². The molecular formula is C16H23ClN2O2S. The van der Waals surface area contributed by atoms with Crippen molar-refractivity contribution < 1.29 is 9.47 Å². The highest BCUT2D eigenvalue weighted by molar-refractivity contribution is 7.80. The van der Waals surface area contributed by atoms with Gasteiger partial charge in [-0.15, -0.1) is 0 Å². The van der Waals surface area contributed by atoms with Gasteiger partial charge in [-0.05, 0) is 49.7 Å². The molecule has 0 spiro atoms. The van der Waals surface area contributed by atoms with E-state index in [4.69, 9.17) is 33.3 Å². The van der Waals surface area contributed by atoms with Crippen molar-refractivity contribution >= 4 is 34.6 Å². The molecule has 2 N–H and O–H groups in total. The van der Waals surface area contributed by atoms with Crippen LogP contribution in [0.15, 0.2) is 18.2 Å². The Hall–Kier alpha value is -1.04. The molecule has 22 heavy (non-hydrogen) atoms. The van der Waals surface area contributed by atoms with Gasteiger partial charge in [-0.1, -0.05) is 24.4 Å². The highest BCUT2D eigenvalue weighted by Gasteiger charge is 2.33. The first-order valence-corrected chi connectivity index (χ1v) is 8.29. The first kappa shape index (κ1) is 17.3. The second-order valence-electron chi connectivity index (χ2n) is 5.66. The summed E-state index contributed by atoms with van der Waals surface area (Å²) in [5, 5.41) is 7.88. The SMILES string of the molecule is COCCC1(NC(=S)Nc2ccc(OC)c(Cl)c2)CCCC1. The molecule has 122 valence electrons. The normalized spacial score (nSPS) is 16.3. The van der Waals surface area contributed by atoms with Gasteiger partial charge in [-0.25, -0.2) is 0 Å². The molecule has 6 heteroatoms. The molecule has 2 rings (SSSR count). The number of ether oxygens (including phenoxy) is 2. The predicted molar refractivity (Wildman–Crippen MR) is 95.1 cm³/mol. The number of thiocarbonyl (C=S) groups is 1. The average molecular weight is 343 g/mol. The van der Waals surface area contributed by atoms with Crippen LogP contribution in [0.2, 0.25) is 5.02 Å². The lowest BCUT2D eigenvalue weighted by Gasteiger charge is -2.31. The van der Waals surface area contributed by atoms with Crippen molar-refractivity contribution in [2.75, 3.05) is 26.1 Å². The van der Waals surface area contributed by atoms with Crippen LogP contribution >= 0.6 is 23.8 Å². The first-order valence-electron chi connectivity index (χ1n) is 7.50. The summed E-state index contributed by atoms with van der Waals surface area (Å²) in [7, 11) is 3.33. The Balaban J connectivity index is 1.97.